The predicted octanol–water partition coefficient (Wildman–Crippen LogP) is 3.79. The summed E-state index contributed by atoms with van der Waals surface area (Å²) in [5.41, 5.74) is 1.93. The van der Waals surface area contributed by atoms with Gasteiger partial charge in [-0.15, -0.1) is 0 Å². The monoisotopic (exact) mass is 272 g/mol. The molecular weight excluding hydrogens is 248 g/mol. The molecule has 4 aliphatic carbocycles. The third-order valence-corrected chi connectivity index (χ3v) is 7.52. The molecule has 5 atom stereocenters. The number of fused-ring (bicyclic) bond motifs is 3. The molecule has 2 heteroatoms. The Bertz CT molecular complexity index is 536. The highest BCUT2D eigenvalue weighted by molar-refractivity contribution is 5.87. The molecule has 0 amide bonds. The van der Waals surface area contributed by atoms with E-state index in [9.17, 15) is 4.79 Å². The van der Waals surface area contributed by atoms with Gasteiger partial charge in [-0.25, -0.2) is 0 Å². The van der Waals surface area contributed by atoms with Crippen LogP contribution in [0.4, 0.5) is 0 Å². The van der Waals surface area contributed by atoms with Crippen molar-refractivity contribution in [2.45, 2.75) is 75.9 Å². The highest BCUT2D eigenvalue weighted by Gasteiger charge is 2.75. The highest BCUT2D eigenvalue weighted by Crippen LogP contribution is 2.71. The molecule has 108 valence electrons. The molecule has 20 heavy (non-hydrogen) atoms. The van der Waals surface area contributed by atoms with Crippen molar-refractivity contribution in [3.63, 3.8) is 0 Å². The summed E-state index contributed by atoms with van der Waals surface area (Å²) in [5.74, 6) is 1.77. The van der Waals surface area contributed by atoms with E-state index in [4.69, 9.17) is 4.74 Å². The van der Waals surface area contributed by atoms with Gasteiger partial charge in [-0.1, -0.05) is 25.8 Å². The van der Waals surface area contributed by atoms with E-state index in [0.29, 0.717) is 17.6 Å². The molecule has 0 radical (unpaired) electrons. The Morgan fingerprint density at radius 3 is 2.95 bits per heavy atom. The smallest absolute Gasteiger partial charge is 0.139 e. The van der Waals surface area contributed by atoms with Crippen molar-refractivity contribution in [1.29, 1.82) is 0 Å². The molecule has 5 aliphatic rings. The molecule has 0 aromatic rings. The van der Waals surface area contributed by atoms with E-state index in [0.717, 1.165) is 19.3 Å². The van der Waals surface area contributed by atoms with E-state index in [1.807, 2.05) is 0 Å². The van der Waals surface area contributed by atoms with Gasteiger partial charge in [0.15, 0.2) is 0 Å². The van der Waals surface area contributed by atoms with E-state index in [1.54, 1.807) is 5.57 Å². The third kappa shape index (κ3) is 1.12. The summed E-state index contributed by atoms with van der Waals surface area (Å²) in [5, 5.41) is 0. The van der Waals surface area contributed by atoms with Gasteiger partial charge in [0.05, 0.1) is 0 Å². The largest absolute Gasteiger partial charge is 0.358 e. The number of rotatable bonds is 0. The number of Topliss-reactive ketones (excluding diaryl/α,β-unsaturated/α-hetero) is 1. The Balaban J connectivity index is 1.58. The van der Waals surface area contributed by atoms with Crippen molar-refractivity contribution >= 4 is 5.78 Å². The Labute approximate surface area is 120 Å². The highest BCUT2D eigenvalue weighted by atomic mass is 16.6. The number of ether oxygens (including phenoxy) is 1. The summed E-state index contributed by atoms with van der Waals surface area (Å²) < 4.78 is 6.44. The first-order chi connectivity index (χ1) is 9.61. The predicted molar refractivity (Wildman–Crippen MR) is 76.3 cm³/mol. The van der Waals surface area contributed by atoms with Gasteiger partial charge in [0, 0.05) is 11.8 Å². The number of hydrogen-bond acceptors (Lipinski definition) is 2. The van der Waals surface area contributed by atoms with Crippen LogP contribution in [0.1, 0.15) is 64.7 Å². The molecule has 5 rings (SSSR count). The minimum atomic E-state index is -0.0473. The second kappa shape index (κ2) is 3.40. The first-order valence-electron chi connectivity index (χ1n) is 8.55. The standard InChI is InChI=1S/C18H24O2/c1-16-10-7-14-12(13(16)4-5-15(16)19)6-11-17-8-2-3-9-18(14,17)20-17/h7,12-13H,2-6,8-11H2,1H3/t12-,13-,16-,17?,18?/m0/s1. The summed E-state index contributed by atoms with van der Waals surface area (Å²) >= 11 is 0. The van der Waals surface area contributed by atoms with Gasteiger partial charge in [-0.05, 0) is 55.9 Å². The molecule has 0 aromatic carbocycles. The van der Waals surface area contributed by atoms with Gasteiger partial charge < -0.3 is 4.74 Å². The summed E-state index contributed by atoms with van der Waals surface area (Å²) in [4.78, 5) is 12.3. The lowest BCUT2D eigenvalue weighted by Gasteiger charge is -2.46. The fourth-order valence-corrected chi connectivity index (χ4v) is 6.38. The Morgan fingerprint density at radius 2 is 2.05 bits per heavy atom. The first-order valence-corrected chi connectivity index (χ1v) is 8.55. The van der Waals surface area contributed by atoms with E-state index >= 15 is 0 Å². The van der Waals surface area contributed by atoms with Gasteiger partial charge in [0.1, 0.15) is 17.0 Å². The van der Waals surface area contributed by atoms with Crippen molar-refractivity contribution in [1.82, 2.24) is 0 Å². The average molecular weight is 272 g/mol. The fourth-order valence-electron chi connectivity index (χ4n) is 6.38. The van der Waals surface area contributed by atoms with Crippen LogP contribution in [0.2, 0.25) is 0 Å². The molecule has 4 fully saturated rings. The van der Waals surface area contributed by atoms with Crippen LogP contribution in [-0.2, 0) is 9.53 Å². The molecule has 3 saturated carbocycles. The molecule has 2 unspecified atom stereocenters. The fraction of sp³-hybridized carbons (Fsp3) is 0.833. The van der Waals surface area contributed by atoms with E-state index in [1.165, 1.54) is 38.5 Å². The lowest BCUT2D eigenvalue weighted by atomic mass is 9.55. The first kappa shape index (κ1) is 12.0. The van der Waals surface area contributed by atoms with Crippen molar-refractivity contribution in [3.05, 3.63) is 11.6 Å². The van der Waals surface area contributed by atoms with Crippen molar-refractivity contribution in [3.8, 4) is 0 Å². The Kier molecular flexibility index (Phi) is 2.04. The summed E-state index contributed by atoms with van der Waals surface area (Å²) in [7, 11) is 0. The summed E-state index contributed by atoms with van der Waals surface area (Å²) in [6.07, 6.45) is 13.1. The number of carbonyl (C=O) groups is 1. The van der Waals surface area contributed by atoms with Crippen molar-refractivity contribution in [2.24, 2.45) is 17.3 Å². The van der Waals surface area contributed by atoms with Crippen LogP contribution in [0.25, 0.3) is 0 Å². The van der Waals surface area contributed by atoms with Gasteiger partial charge in [-0.3, -0.25) is 4.79 Å². The summed E-state index contributed by atoms with van der Waals surface area (Å²) in [6.45, 7) is 2.23. The number of hydrogen-bond donors (Lipinski definition) is 0. The van der Waals surface area contributed by atoms with Crippen LogP contribution in [0.15, 0.2) is 11.6 Å². The maximum atomic E-state index is 12.3. The lowest BCUT2D eigenvalue weighted by Crippen LogP contribution is -2.46. The number of epoxide rings is 1. The summed E-state index contributed by atoms with van der Waals surface area (Å²) in [6, 6.07) is 0. The zero-order chi connectivity index (χ0) is 13.6. The van der Waals surface area contributed by atoms with Crippen LogP contribution in [0.3, 0.4) is 0 Å². The van der Waals surface area contributed by atoms with Gasteiger partial charge >= 0.3 is 0 Å². The molecule has 1 aliphatic heterocycles. The van der Waals surface area contributed by atoms with E-state index < -0.39 is 0 Å². The van der Waals surface area contributed by atoms with Gasteiger partial charge in [-0.2, -0.15) is 0 Å². The SMILES string of the molecule is C[C@]12CC=C3[C@@H](CCC45CCCCC34O5)[C@@H]1CCC2=O. The maximum absolute atomic E-state index is 12.3. The minimum absolute atomic E-state index is 0.0473. The average Bonchev–Trinajstić information content (AvgIpc) is 3.07. The molecule has 1 saturated heterocycles. The van der Waals surface area contributed by atoms with Crippen molar-refractivity contribution < 1.29 is 9.53 Å². The zero-order valence-electron chi connectivity index (χ0n) is 12.4. The minimum Gasteiger partial charge on any atom is -0.358 e. The molecule has 2 nitrogen and oxygen atoms in total. The Morgan fingerprint density at radius 1 is 1.20 bits per heavy atom. The van der Waals surface area contributed by atoms with Gasteiger partial charge in [0.2, 0.25) is 0 Å². The second-order valence-electron chi connectivity index (χ2n) is 8.13. The molecule has 0 bridgehead atoms. The molecule has 1 heterocycles. The Hall–Kier alpha value is -0.630. The van der Waals surface area contributed by atoms with Crippen molar-refractivity contribution in [2.75, 3.05) is 0 Å². The number of ketones is 1. The topological polar surface area (TPSA) is 29.6 Å². The number of allylic oxidation sites excluding steroid dienone is 1. The molecule has 0 N–H and O–H groups in total. The van der Waals surface area contributed by atoms with Crippen LogP contribution in [0.5, 0.6) is 0 Å². The molecule has 0 spiro atoms. The lowest BCUT2D eigenvalue weighted by molar-refractivity contribution is -0.127. The quantitative estimate of drug-likeness (QED) is 0.496. The maximum Gasteiger partial charge on any atom is 0.139 e. The second-order valence-corrected chi connectivity index (χ2v) is 8.13. The normalized spacial score (nSPS) is 56.2. The van der Waals surface area contributed by atoms with Gasteiger partial charge in [0.25, 0.3) is 0 Å². The van der Waals surface area contributed by atoms with E-state index in [-0.39, 0.29) is 16.6 Å². The third-order valence-electron chi connectivity index (χ3n) is 7.52. The molecule has 0 aromatic heterocycles. The van der Waals surface area contributed by atoms with Crippen LogP contribution in [0, 0.1) is 17.3 Å². The van der Waals surface area contributed by atoms with E-state index in [2.05, 4.69) is 13.0 Å². The number of carbonyl (C=O) groups excluding carboxylic acids is 1. The van der Waals surface area contributed by atoms with Crippen LogP contribution in [-0.4, -0.2) is 17.0 Å². The van der Waals surface area contributed by atoms with Crippen LogP contribution < -0.4 is 0 Å². The zero-order valence-corrected chi connectivity index (χ0v) is 12.4. The molecular formula is C18H24O2. The van der Waals surface area contributed by atoms with Crippen LogP contribution >= 0.6 is 0 Å².